The van der Waals surface area contributed by atoms with Gasteiger partial charge in [-0.2, -0.15) is 0 Å². The zero-order valence-electron chi connectivity index (χ0n) is 14.3. The van der Waals surface area contributed by atoms with E-state index in [2.05, 4.69) is 11.4 Å². The highest BCUT2D eigenvalue weighted by molar-refractivity contribution is 6.43. The van der Waals surface area contributed by atoms with Crippen LogP contribution in [0.15, 0.2) is 36.4 Å². The van der Waals surface area contributed by atoms with Gasteiger partial charge in [-0.05, 0) is 42.5 Å². The minimum Gasteiger partial charge on any atom is -0.348 e. The normalized spacial score (nSPS) is 18.3. The first-order chi connectivity index (χ1) is 13.0. The summed E-state index contributed by atoms with van der Waals surface area (Å²) in [6.45, 7) is -0.333. The molecule has 1 unspecified atom stereocenters. The van der Waals surface area contributed by atoms with Gasteiger partial charge in [0.2, 0.25) is 5.91 Å². The van der Waals surface area contributed by atoms with Gasteiger partial charge in [0.15, 0.2) is 0 Å². The number of halogens is 2. The summed E-state index contributed by atoms with van der Waals surface area (Å²) in [6.07, 6.45) is 2.80. The zero-order chi connectivity index (χ0) is 19.1. The second-order valence-corrected chi connectivity index (χ2v) is 7.53. The summed E-state index contributed by atoms with van der Waals surface area (Å²) < 4.78 is 0. The van der Waals surface area contributed by atoms with Crippen molar-refractivity contribution in [1.82, 2.24) is 10.2 Å². The van der Waals surface area contributed by atoms with Crippen molar-refractivity contribution in [3.8, 4) is 0 Å². The summed E-state index contributed by atoms with van der Waals surface area (Å²) in [5.74, 6) is -1.44. The number of benzene rings is 2. The van der Waals surface area contributed by atoms with Crippen molar-refractivity contribution in [3.05, 3.63) is 68.7 Å². The van der Waals surface area contributed by atoms with Crippen LogP contribution < -0.4 is 5.32 Å². The highest BCUT2D eigenvalue weighted by Gasteiger charge is 2.37. The van der Waals surface area contributed by atoms with Crippen LogP contribution in [0, 0.1) is 0 Å². The fraction of sp³-hybridized carbons (Fsp3) is 0.250. The van der Waals surface area contributed by atoms with Gasteiger partial charge < -0.3 is 5.32 Å². The maximum absolute atomic E-state index is 12.5. The summed E-state index contributed by atoms with van der Waals surface area (Å²) in [5.41, 5.74) is 2.66. The van der Waals surface area contributed by atoms with E-state index in [1.807, 2.05) is 18.2 Å². The third kappa shape index (κ3) is 3.22. The molecule has 27 heavy (non-hydrogen) atoms. The van der Waals surface area contributed by atoms with E-state index in [0.29, 0.717) is 0 Å². The molecular formula is C20H16Cl2N2O3. The number of nitrogens with one attached hydrogen (secondary N) is 1. The van der Waals surface area contributed by atoms with E-state index in [1.165, 1.54) is 17.7 Å². The van der Waals surface area contributed by atoms with Crippen LogP contribution in [-0.2, 0) is 11.2 Å². The molecule has 4 rings (SSSR count). The highest BCUT2D eigenvalue weighted by Crippen LogP contribution is 2.32. The Labute approximate surface area is 166 Å². The number of hydrogen-bond acceptors (Lipinski definition) is 3. The molecule has 2 aromatic rings. The van der Waals surface area contributed by atoms with Crippen LogP contribution >= 0.6 is 23.2 Å². The van der Waals surface area contributed by atoms with Crippen LogP contribution in [-0.4, -0.2) is 29.2 Å². The lowest BCUT2D eigenvalue weighted by Gasteiger charge is -2.27. The van der Waals surface area contributed by atoms with Crippen molar-refractivity contribution in [1.29, 1.82) is 0 Å². The van der Waals surface area contributed by atoms with Crippen molar-refractivity contribution >= 4 is 40.9 Å². The summed E-state index contributed by atoms with van der Waals surface area (Å²) in [7, 11) is 0. The third-order valence-electron chi connectivity index (χ3n) is 5.02. The molecule has 0 saturated heterocycles. The fourth-order valence-electron chi connectivity index (χ4n) is 3.71. The number of aryl methyl sites for hydroxylation is 1. The standard InChI is InChI=1S/C20H16Cl2N2O3/c21-15-8-13-14(9-16(15)22)20(27)24(19(13)26)10-18(25)23-17-7-3-5-11-4-1-2-6-12(11)17/h1-2,4,6,8-9,17H,3,5,7,10H2,(H,23,25). The van der Waals surface area contributed by atoms with Crippen molar-refractivity contribution in [2.75, 3.05) is 6.54 Å². The molecule has 1 aliphatic carbocycles. The summed E-state index contributed by atoms with van der Waals surface area (Å²) in [5, 5.41) is 3.35. The molecule has 3 amide bonds. The van der Waals surface area contributed by atoms with Gasteiger partial charge in [0, 0.05) is 0 Å². The maximum Gasteiger partial charge on any atom is 0.262 e. The van der Waals surface area contributed by atoms with Crippen LogP contribution in [0.1, 0.15) is 50.7 Å². The molecule has 0 aromatic heterocycles. The molecule has 138 valence electrons. The van der Waals surface area contributed by atoms with Crippen LogP contribution in [0.2, 0.25) is 10.0 Å². The van der Waals surface area contributed by atoms with Gasteiger partial charge in [-0.25, -0.2) is 0 Å². The number of fused-ring (bicyclic) bond motifs is 2. The Hall–Kier alpha value is -2.37. The Bertz CT molecular complexity index is 933. The van der Waals surface area contributed by atoms with Crippen molar-refractivity contribution < 1.29 is 14.4 Å². The van der Waals surface area contributed by atoms with E-state index in [1.54, 1.807) is 0 Å². The molecule has 0 saturated carbocycles. The predicted molar refractivity (Wildman–Crippen MR) is 102 cm³/mol. The van der Waals surface area contributed by atoms with Crippen LogP contribution in [0.3, 0.4) is 0 Å². The molecule has 0 fully saturated rings. The van der Waals surface area contributed by atoms with Gasteiger partial charge in [0.05, 0.1) is 27.2 Å². The Morgan fingerprint density at radius 2 is 1.70 bits per heavy atom. The monoisotopic (exact) mass is 402 g/mol. The molecule has 1 atom stereocenters. The molecule has 2 aromatic carbocycles. The smallest absolute Gasteiger partial charge is 0.262 e. The molecule has 1 aliphatic heterocycles. The minimum atomic E-state index is -0.534. The topological polar surface area (TPSA) is 66.5 Å². The maximum atomic E-state index is 12.5. The number of carbonyl (C=O) groups is 3. The Morgan fingerprint density at radius 1 is 1.07 bits per heavy atom. The number of nitrogens with zero attached hydrogens (tertiary/aromatic N) is 1. The number of hydrogen-bond donors (Lipinski definition) is 1. The van der Waals surface area contributed by atoms with Gasteiger partial charge >= 0.3 is 0 Å². The third-order valence-corrected chi connectivity index (χ3v) is 5.74. The van der Waals surface area contributed by atoms with E-state index in [9.17, 15) is 14.4 Å². The lowest BCUT2D eigenvalue weighted by Crippen LogP contribution is -2.42. The SMILES string of the molecule is O=C(CN1C(=O)c2cc(Cl)c(Cl)cc2C1=O)NC1CCCc2ccccc21. The van der Waals surface area contributed by atoms with Gasteiger partial charge in [-0.3, -0.25) is 19.3 Å². The molecule has 5 nitrogen and oxygen atoms in total. The number of amides is 3. The lowest BCUT2D eigenvalue weighted by atomic mass is 9.88. The van der Waals surface area contributed by atoms with Crippen molar-refractivity contribution in [3.63, 3.8) is 0 Å². The van der Waals surface area contributed by atoms with Gasteiger partial charge in [-0.15, -0.1) is 0 Å². The summed E-state index contributed by atoms with van der Waals surface area (Å²) in [6, 6.07) is 10.6. The van der Waals surface area contributed by atoms with Crippen molar-refractivity contribution in [2.45, 2.75) is 25.3 Å². The number of imide groups is 1. The van der Waals surface area contributed by atoms with E-state index < -0.39 is 11.8 Å². The molecule has 7 heteroatoms. The van der Waals surface area contributed by atoms with Gasteiger partial charge in [-0.1, -0.05) is 47.5 Å². The molecule has 2 aliphatic rings. The first-order valence-electron chi connectivity index (χ1n) is 8.68. The second kappa shape index (κ2) is 6.98. The number of rotatable bonds is 3. The quantitative estimate of drug-likeness (QED) is 0.794. The molecule has 1 heterocycles. The van der Waals surface area contributed by atoms with E-state index in [-0.39, 0.29) is 39.7 Å². The Balaban J connectivity index is 1.50. The Kier molecular flexibility index (Phi) is 4.66. The minimum absolute atomic E-state index is 0.110. The van der Waals surface area contributed by atoms with E-state index >= 15 is 0 Å². The predicted octanol–water partition coefficient (Wildman–Crippen LogP) is 3.78. The van der Waals surface area contributed by atoms with Crippen LogP contribution in [0.4, 0.5) is 0 Å². The summed E-state index contributed by atoms with van der Waals surface area (Å²) >= 11 is 11.9. The zero-order valence-corrected chi connectivity index (χ0v) is 15.8. The van der Waals surface area contributed by atoms with Crippen LogP contribution in [0.25, 0.3) is 0 Å². The van der Waals surface area contributed by atoms with E-state index in [4.69, 9.17) is 23.2 Å². The van der Waals surface area contributed by atoms with Crippen LogP contribution in [0.5, 0.6) is 0 Å². The second-order valence-electron chi connectivity index (χ2n) is 6.72. The Morgan fingerprint density at radius 3 is 2.37 bits per heavy atom. The first kappa shape index (κ1) is 18.0. The van der Waals surface area contributed by atoms with Crippen molar-refractivity contribution in [2.24, 2.45) is 0 Å². The fourth-order valence-corrected chi connectivity index (χ4v) is 4.04. The average Bonchev–Trinajstić information content (AvgIpc) is 2.87. The van der Waals surface area contributed by atoms with E-state index in [0.717, 1.165) is 29.7 Å². The molecule has 0 spiro atoms. The first-order valence-corrected chi connectivity index (χ1v) is 9.43. The largest absolute Gasteiger partial charge is 0.348 e. The highest BCUT2D eigenvalue weighted by atomic mass is 35.5. The average molecular weight is 403 g/mol. The molecular weight excluding hydrogens is 387 g/mol. The van der Waals surface area contributed by atoms with Gasteiger partial charge in [0.1, 0.15) is 6.54 Å². The number of carbonyl (C=O) groups excluding carboxylic acids is 3. The lowest BCUT2D eigenvalue weighted by molar-refractivity contribution is -0.122. The summed E-state index contributed by atoms with van der Waals surface area (Å²) in [4.78, 5) is 38.5. The van der Waals surface area contributed by atoms with Gasteiger partial charge in [0.25, 0.3) is 11.8 Å². The molecule has 0 radical (unpaired) electrons. The molecule has 1 N–H and O–H groups in total. The molecule has 0 bridgehead atoms.